The van der Waals surface area contributed by atoms with Gasteiger partial charge in [-0.15, -0.1) is 0 Å². The first-order valence-corrected chi connectivity index (χ1v) is 33.3. The molecule has 5 heteroatoms. The number of rotatable bonds is 61. The van der Waals surface area contributed by atoms with E-state index < -0.39 is 7.75 Å². The van der Waals surface area contributed by atoms with Crippen LogP contribution >= 0.6 is 7.75 Å². The molecule has 1 N–H and O–H groups in total. The maximum atomic E-state index is 13.4. The van der Waals surface area contributed by atoms with Crippen LogP contribution in [0.1, 0.15) is 380 Å². The molecule has 1 atom stereocenters. The molecule has 67 heavy (non-hydrogen) atoms. The Morgan fingerprint density at radius 1 is 0.254 bits per heavy atom. The lowest BCUT2D eigenvalue weighted by Crippen LogP contribution is -2.24. The molecule has 0 aromatic carbocycles. The monoisotopic (exact) mass is 966 g/mol. The molecule has 0 bridgehead atoms. The molecule has 0 aromatic rings. The lowest BCUT2D eigenvalue weighted by molar-refractivity contribution is 0.194. The van der Waals surface area contributed by atoms with Crippen LogP contribution in [0, 0.1) is 0 Å². The van der Waals surface area contributed by atoms with Crippen LogP contribution in [0.25, 0.3) is 0 Å². The third-order valence-electron chi connectivity index (χ3n) is 15.2. The highest BCUT2D eigenvalue weighted by molar-refractivity contribution is 7.50. The van der Waals surface area contributed by atoms with Gasteiger partial charge in [0.1, 0.15) is 0 Å². The standard InChI is InChI=1S/C62H128NO3P/c1-4-7-10-13-15-17-19-21-23-25-27-29-31-33-35-37-39-41-43-45-47-49-51-53-55-57-60-63(67(64,65)66-62-59-12-9-6-3)61-58-56-54-52-50-48-46-44-42-40-38-36-34-32-30-28-26-24-22-20-18-16-14-11-8-5-2/h4-62H2,1-3H3,(H,64,65). The van der Waals surface area contributed by atoms with Gasteiger partial charge in [-0.05, 0) is 19.3 Å². The quantitative estimate of drug-likeness (QED) is 0.0487. The molecule has 0 amide bonds. The zero-order valence-electron chi connectivity index (χ0n) is 46.9. The van der Waals surface area contributed by atoms with E-state index in [2.05, 4.69) is 20.8 Å². The molecular weight excluding hydrogens is 838 g/mol. The van der Waals surface area contributed by atoms with Gasteiger partial charge in [0.25, 0.3) is 0 Å². The Morgan fingerprint density at radius 3 is 0.582 bits per heavy atom. The second-order valence-corrected chi connectivity index (χ2v) is 23.8. The Kier molecular flexibility index (Phi) is 58.8. The van der Waals surface area contributed by atoms with Crippen LogP contribution in [0.4, 0.5) is 0 Å². The zero-order chi connectivity index (χ0) is 48.5. The van der Waals surface area contributed by atoms with Crippen LogP contribution in [0.3, 0.4) is 0 Å². The maximum Gasteiger partial charge on any atom is 0.405 e. The highest BCUT2D eigenvalue weighted by Gasteiger charge is 2.28. The van der Waals surface area contributed by atoms with Crippen LogP contribution in [0.2, 0.25) is 0 Å². The smallest absolute Gasteiger partial charge is 0.312 e. The second-order valence-electron chi connectivity index (χ2n) is 22.0. The molecule has 0 saturated carbocycles. The fraction of sp³-hybridized carbons (Fsp3) is 1.00. The van der Waals surface area contributed by atoms with Crippen LogP contribution in [0.5, 0.6) is 0 Å². The average molecular weight is 967 g/mol. The molecule has 0 aliphatic rings. The highest BCUT2D eigenvalue weighted by atomic mass is 31.2. The molecule has 0 spiro atoms. The third-order valence-corrected chi connectivity index (χ3v) is 16.8. The average Bonchev–Trinajstić information content (AvgIpc) is 3.32. The van der Waals surface area contributed by atoms with Gasteiger partial charge in [0.05, 0.1) is 6.61 Å². The fourth-order valence-corrected chi connectivity index (χ4v) is 11.7. The summed E-state index contributed by atoms with van der Waals surface area (Å²) in [5.74, 6) is 0. The van der Waals surface area contributed by atoms with Gasteiger partial charge in [0.15, 0.2) is 0 Å². The van der Waals surface area contributed by atoms with Crippen molar-refractivity contribution < 1.29 is 14.0 Å². The SMILES string of the molecule is CCCCCCCCCCCCCCCCCCCCCCCCCCCCN(CCCCCCCCCCCCCCCCCCCCCCCCCCCC)P(=O)(O)OCCCCCC. The van der Waals surface area contributed by atoms with Crippen LogP contribution < -0.4 is 0 Å². The Balaban J connectivity index is 3.78. The van der Waals surface area contributed by atoms with E-state index in [9.17, 15) is 9.46 Å². The fourth-order valence-electron chi connectivity index (χ4n) is 10.4. The van der Waals surface area contributed by atoms with Gasteiger partial charge in [-0.25, -0.2) is 9.24 Å². The molecule has 4 nitrogen and oxygen atoms in total. The van der Waals surface area contributed by atoms with Gasteiger partial charge >= 0.3 is 7.75 Å². The van der Waals surface area contributed by atoms with E-state index >= 15 is 0 Å². The number of hydrogen-bond donors (Lipinski definition) is 1. The first-order valence-electron chi connectivity index (χ1n) is 31.8. The van der Waals surface area contributed by atoms with Crippen molar-refractivity contribution in [3.8, 4) is 0 Å². The summed E-state index contributed by atoms with van der Waals surface area (Å²) in [5, 5.41) is 0. The zero-order valence-corrected chi connectivity index (χ0v) is 47.8. The second kappa shape index (κ2) is 58.7. The molecule has 0 fully saturated rings. The summed E-state index contributed by atoms with van der Waals surface area (Å²) in [4.78, 5) is 11.0. The topological polar surface area (TPSA) is 49.8 Å². The van der Waals surface area contributed by atoms with E-state index in [0.717, 1.165) is 38.5 Å². The van der Waals surface area contributed by atoms with E-state index in [1.54, 1.807) is 0 Å². The van der Waals surface area contributed by atoms with Gasteiger partial charge in [-0.3, -0.25) is 4.52 Å². The predicted molar refractivity (Wildman–Crippen MR) is 303 cm³/mol. The van der Waals surface area contributed by atoms with Crippen LogP contribution in [-0.4, -0.2) is 29.3 Å². The molecule has 0 radical (unpaired) electrons. The minimum atomic E-state index is -3.72. The molecular formula is C62H128NO3P. The number of hydrogen-bond acceptors (Lipinski definition) is 2. The Labute approximate surface area is 424 Å². The van der Waals surface area contributed by atoms with Gasteiger partial charge < -0.3 is 4.89 Å². The first-order chi connectivity index (χ1) is 33.1. The van der Waals surface area contributed by atoms with E-state index in [-0.39, 0.29) is 0 Å². The van der Waals surface area contributed by atoms with Crippen molar-refractivity contribution in [2.75, 3.05) is 19.7 Å². The van der Waals surface area contributed by atoms with E-state index in [4.69, 9.17) is 4.52 Å². The van der Waals surface area contributed by atoms with Gasteiger partial charge in [-0.2, -0.15) is 0 Å². The molecule has 404 valence electrons. The normalized spacial score (nSPS) is 12.8. The summed E-state index contributed by atoms with van der Waals surface area (Å²) in [6.07, 6.45) is 77.1. The Morgan fingerprint density at radius 2 is 0.403 bits per heavy atom. The highest BCUT2D eigenvalue weighted by Crippen LogP contribution is 2.47. The molecule has 0 aliphatic carbocycles. The minimum absolute atomic E-state index is 0.406. The van der Waals surface area contributed by atoms with Crippen molar-refractivity contribution in [1.82, 2.24) is 4.67 Å². The van der Waals surface area contributed by atoms with E-state index in [1.807, 2.05) is 4.67 Å². The first kappa shape index (κ1) is 67.1. The van der Waals surface area contributed by atoms with E-state index in [1.165, 1.54) is 321 Å². The van der Waals surface area contributed by atoms with Crippen molar-refractivity contribution in [3.05, 3.63) is 0 Å². The van der Waals surface area contributed by atoms with Gasteiger partial charge in [0, 0.05) is 13.1 Å². The molecule has 0 aliphatic heterocycles. The number of nitrogens with zero attached hydrogens (tertiary/aromatic N) is 1. The summed E-state index contributed by atoms with van der Waals surface area (Å²) in [6.45, 7) is 8.61. The summed E-state index contributed by atoms with van der Waals surface area (Å²) in [6, 6.07) is 0. The van der Waals surface area contributed by atoms with Gasteiger partial charge in [0.2, 0.25) is 0 Å². The summed E-state index contributed by atoms with van der Waals surface area (Å²) in [7, 11) is -3.72. The summed E-state index contributed by atoms with van der Waals surface area (Å²) in [5.41, 5.74) is 0. The minimum Gasteiger partial charge on any atom is -0.312 e. The van der Waals surface area contributed by atoms with Crippen molar-refractivity contribution in [1.29, 1.82) is 0 Å². The van der Waals surface area contributed by atoms with Crippen molar-refractivity contribution in [2.24, 2.45) is 0 Å². The Bertz CT molecular complexity index is 874. The van der Waals surface area contributed by atoms with Crippen molar-refractivity contribution >= 4 is 7.75 Å². The van der Waals surface area contributed by atoms with Gasteiger partial charge in [-0.1, -0.05) is 361 Å². The summed E-state index contributed by atoms with van der Waals surface area (Å²) >= 11 is 0. The predicted octanol–water partition coefficient (Wildman–Crippen LogP) is 23.3. The van der Waals surface area contributed by atoms with Crippen LogP contribution in [0.15, 0.2) is 0 Å². The maximum absolute atomic E-state index is 13.4. The Hall–Kier alpha value is 0.110. The van der Waals surface area contributed by atoms with Crippen molar-refractivity contribution in [3.63, 3.8) is 0 Å². The number of unbranched alkanes of at least 4 members (excludes halogenated alkanes) is 53. The lowest BCUT2D eigenvalue weighted by atomic mass is 10.0. The third kappa shape index (κ3) is 55.3. The molecule has 1 unspecified atom stereocenters. The van der Waals surface area contributed by atoms with E-state index in [0.29, 0.717) is 19.7 Å². The molecule has 0 aromatic heterocycles. The van der Waals surface area contributed by atoms with Crippen LogP contribution in [-0.2, 0) is 9.09 Å². The largest absolute Gasteiger partial charge is 0.405 e. The summed E-state index contributed by atoms with van der Waals surface area (Å²) < 4.78 is 20.9. The molecule has 0 heterocycles. The molecule has 0 rings (SSSR count). The van der Waals surface area contributed by atoms with Crippen molar-refractivity contribution in [2.45, 2.75) is 380 Å². The molecule has 0 saturated heterocycles. The lowest BCUT2D eigenvalue weighted by Gasteiger charge is -2.26.